The van der Waals surface area contributed by atoms with Gasteiger partial charge < -0.3 is 4.98 Å². The lowest BCUT2D eigenvalue weighted by molar-refractivity contribution is -0.141. The fraction of sp³-hybridized carbons (Fsp3) is 0.143. The number of para-hydroxylation sites is 1. The van der Waals surface area contributed by atoms with Crippen LogP contribution in [-0.2, 0) is 9.59 Å². The maximum atomic E-state index is 12.0. The number of nitrogens with one attached hydrogen (secondary N) is 1. The summed E-state index contributed by atoms with van der Waals surface area (Å²) in [5.74, 6) is -0.560. The SMILES string of the molecule is CN1C(=O)C(=Cc2c[nH]c3ccccc23)C(=O)N1C. The first kappa shape index (κ1) is 11.5. The van der Waals surface area contributed by atoms with Crippen LogP contribution in [0.5, 0.6) is 0 Å². The number of aromatic nitrogens is 1. The van der Waals surface area contributed by atoms with Crippen LogP contribution in [0.25, 0.3) is 17.0 Å². The predicted octanol–water partition coefficient (Wildman–Crippen LogP) is 1.40. The van der Waals surface area contributed by atoms with E-state index in [1.807, 2.05) is 24.3 Å². The van der Waals surface area contributed by atoms with E-state index >= 15 is 0 Å². The lowest BCUT2D eigenvalue weighted by Crippen LogP contribution is -2.33. The molecule has 0 bridgehead atoms. The van der Waals surface area contributed by atoms with Crippen molar-refractivity contribution in [1.29, 1.82) is 0 Å². The van der Waals surface area contributed by atoms with Crippen molar-refractivity contribution in [2.24, 2.45) is 0 Å². The van der Waals surface area contributed by atoms with Gasteiger partial charge in [-0.25, -0.2) is 0 Å². The summed E-state index contributed by atoms with van der Waals surface area (Å²) < 4.78 is 0. The molecule has 0 unspecified atom stereocenters. The number of nitrogens with zero attached hydrogens (tertiary/aromatic N) is 2. The highest BCUT2D eigenvalue weighted by atomic mass is 16.2. The maximum absolute atomic E-state index is 12.0. The van der Waals surface area contributed by atoms with Gasteiger partial charge in [-0.3, -0.25) is 19.6 Å². The summed E-state index contributed by atoms with van der Waals surface area (Å²) in [6.45, 7) is 0. The first-order chi connectivity index (χ1) is 9.09. The number of hydrogen-bond donors (Lipinski definition) is 1. The number of likely N-dealkylation sites (N-methyl/N-ethyl adjacent to an activating group) is 2. The Hall–Kier alpha value is -2.56. The van der Waals surface area contributed by atoms with E-state index in [0.717, 1.165) is 16.5 Å². The van der Waals surface area contributed by atoms with Gasteiger partial charge in [-0.05, 0) is 12.1 Å². The van der Waals surface area contributed by atoms with Crippen LogP contribution >= 0.6 is 0 Å². The lowest BCUT2D eigenvalue weighted by Gasteiger charge is -2.16. The maximum Gasteiger partial charge on any atom is 0.277 e. The molecule has 2 aromatic rings. The summed E-state index contributed by atoms with van der Waals surface area (Å²) in [6.07, 6.45) is 3.44. The van der Waals surface area contributed by atoms with Crippen LogP contribution in [-0.4, -0.2) is 40.9 Å². The van der Waals surface area contributed by atoms with Crippen molar-refractivity contribution in [2.45, 2.75) is 0 Å². The average Bonchev–Trinajstić information content (AvgIpc) is 2.91. The molecule has 19 heavy (non-hydrogen) atoms. The van der Waals surface area contributed by atoms with E-state index in [9.17, 15) is 9.59 Å². The fourth-order valence-electron chi connectivity index (χ4n) is 2.20. The molecule has 1 aliphatic heterocycles. The van der Waals surface area contributed by atoms with E-state index in [4.69, 9.17) is 0 Å². The number of aromatic amines is 1. The minimum absolute atomic E-state index is 0.190. The number of benzene rings is 1. The van der Waals surface area contributed by atoms with Gasteiger partial charge in [-0.15, -0.1) is 0 Å². The molecule has 2 amide bonds. The number of carbonyl (C=O) groups excluding carboxylic acids is 2. The highest BCUT2D eigenvalue weighted by Crippen LogP contribution is 2.24. The van der Waals surface area contributed by atoms with Gasteiger partial charge >= 0.3 is 0 Å². The molecule has 3 rings (SSSR count). The number of carbonyl (C=O) groups is 2. The number of hydrogen-bond acceptors (Lipinski definition) is 2. The second kappa shape index (κ2) is 3.98. The molecule has 5 heteroatoms. The second-order valence-corrected chi connectivity index (χ2v) is 4.51. The van der Waals surface area contributed by atoms with E-state index in [1.54, 1.807) is 26.4 Å². The molecule has 1 aromatic heterocycles. The largest absolute Gasteiger partial charge is 0.361 e. The molecule has 1 saturated heterocycles. The van der Waals surface area contributed by atoms with Crippen molar-refractivity contribution in [3.05, 3.63) is 41.6 Å². The van der Waals surface area contributed by atoms with Crippen molar-refractivity contribution in [2.75, 3.05) is 14.1 Å². The fourth-order valence-corrected chi connectivity index (χ4v) is 2.20. The Morgan fingerprint density at radius 1 is 1.05 bits per heavy atom. The molecule has 1 fully saturated rings. The van der Waals surface area contributed by atoms with Gasteiger partial charge in [0, 0.05) is 36.8 Å². The number of H-pyrrole nitrogens is 1. The van der Waals surface area contributed by atoms with E-state index in [-0.39, 0.29) is 17.4 Å². The van der Waals surface area contributed by atoms with Crippen LogP contribution in [0.15, 0.2) is 36.0 Å². The van der Waals surface area contributed by atoms with Crippen molar-refractivity contribution >= 4 is 28.8 Å². The normalized spacial score (nSPS) is 15.8. The number of rotatable bonds is 1. The molecule has 0 aliphatic carbocycles. The van der Waals surface area contributed by atoms with Crippen molar-refractivity contribution in [1.82, 2.24) is 15.0 Å². The Bertz CT molecular complexity index is 692. The molecular weight excluding hydrogens is 242 g/mol. The van der Waals surface area contributed by atoms with Gasteiger partial charge in [-0.2, -0.15) is 0 Å². The van der Waals surface area contributed by atoms with E-state index in [1.165, 1.54) is 10.0 Å². The summed E-state index contributed by atoms with van der Waals surface area (Å²) in [7, 11) is 3.16. The van der Waals surface area contributed by atoms with Crippen LogP contribution in [0.2, 0.25) is 0 Å². The standard InChI is InChI=1S/C14H13N3O2/c1-16-13(18)11(14(19)17(16)2)7-9-8-15-12-6-4-3-5-10(9)12/h3-8,15H,1-2H3. The Morgan fingerprint density at radius 3 is 2.37 bits per heavy atom. The number of fused-ring (bicyclic) bond motifs is 1. The summed E-state index contributed by atoms with van der Waals surface area (Å²) in [6, 6.07) is 7.77. The first-order valence-electron chi connectivity index (χ1n) is 5.93. The highest BCUT2D eigenvalue weighted by Gasteiger charge is 2.36. The second-order valence-electron chi connectivity index (χ2n) is 4.51. The third-order valence-corrected chi connectivity index (χ3v) is 3.42. The molecule has 0 spiro atoms. The van der Waals surface area contributed by atoms with E-state index < -0.39 is 0 Å². The minimum atomic E-state index is -0.280. The van der Waals surface area contributed by atoms with Crippen LogP contribution in [0.4, 0.5) is 0 Å². The number of amides is 2. The van der Waals surface area contributed by atoms with Crippen molar-refractivity contribution in [3.8, 4) is 0 Å². The van der Waals surface area contributed by atoms with E-state index in [2.05, 4.69) is 4.98 Å². The van der Waals surface area contributed by atoms with Crippen LogP contribution in [0.1, 0.15) is 5.56 Å². The zero-order valence-corrected chi connectivity index (χ0v) is 10.7. The van der Waals surface area contributed by atoms with Gasteiger partial charge in [0.15, 0.2) is 0 Å². The minimum Gasteiger partial charge on any atom is -0.361 e. The number of hydrazine groups is 1. The molecule has 1 aromatic carbocycles. The molecule has 0 radical (unpaired) electrons. The Balaban J connectivity index is 2.11. The topological polar surface area (TPSA) is 56.4 Å². The molecule has 5 nitrogen and oxygen atoms in total. The van der Waals surface area contributed by atoms with E-state index in [0.29, 0.717) is 0 Å². The summed E-state index contributed by atoms with van der Waals surface area (Å²) in [5, 5.41) is 3.61. The van der Waals surface area contributed by atoms with Crippen LogP contribution in [0, 0.1) is 0 Å². The Kier molecular flexibility index (Phi) is 2.41. The Morgan fingerprint density at radius 2 is 1.68 bits per heavy atom. The third-order valence-electron chi connectivity index (χ3n) is 3.42. The molecule has 2 heterocycles. The van der Waals surface area contributed by atoms with Gasteiger partial charge in [-0.1, -0.05) is 18.2 Å². The summed E-state index contributed by atoms with van der Waals surface area (Å²) >= 11 is 0. The molecule has 96 valence electrons. The zero-order valence-electron chi connectivity index (χ0n) is 10.7. The van der Waals surface area contributed by atoms with Gasteiger partial charge in [0.1, 0.15) is 5.57 Å². The van der Waals surface area contributed by atoms with Crippen molar-refractivity contribution < 1.29 is 9.59 Å². The monoisotopic (exact) mass is 255 g/mol. The summed E-state index contributed by atoms with van der Waals surface area (Å²) in [4.78, 5) is 27.1. The first-order valence-corrected chi connectivity index (χ1v) is 5.93. The molecule has 0 saturated carbocycles. The van der Waals surface area contributed by atoms with Gasteiger partial charge in [0.05, 0.1) is 0 Å². The quantitative estimate of drug-likeness (QED) is 0.618. The molecule has 1 N–H and O–H groups in total. The van der Waals surface area contributed by atoms with Gasteiger partial charge in [0.25, 0.3) is 11.8 Å². The summed E-state index contributed by atoms with van der Waals surface area (Å²) in [5.41, 5.74) is 2.01. The average molecular weight is 255 g/mol. The third kappa shape index (κ3) is 1.62. The van der Waals surface area contributed by atoms with Crippen molar-refractivity contribution in [3.63, 3.8) is 0 Å². The molecule has 1 aliphatic rings. The highest BCUT2D eigenvalue weighted by molar-refractivity contribution is 6.25. The van der Waals surface area contributed by atoms with Crippen LogP contribution in [0.3, 0.4) is 0 Å². The van der Waals surface area contributed by atoms with Gasteiger partial charge in [0.2, 0.25) is 0 Å². The Labute approximate surface area is 110 Å². The smallest absolute Gasteiger partial charge is 0.277 e. The van der Waals surface area contributed by atoms with Crippen LogP contribution < -0.4 is 0 Å². The predicted molar refractivity (Wildman–Crippen MR) is 71.8 cm³/mol. The molecule has 0 atom stereocenters. The zero-order chi connectivity index (χ0) is 13.6. The molecular formula is C14H13N3O2. The lowest BCUT2D eigenvalue weighted by atomic mass is 10.1.